The lowest BCUT2D eigenvalue weighted by Gasteiger charge is -2.09. The topological polar surface area (TPSA) is 94.8 Å². The fraction of sp³-hybridized carbons (Fsp3) is 0.143. The van der Waals surface area contributed by atoms with Crippen molar-refractivity contribution in [3.8, 4) is 21.9 Å². The normalized spacial score (nSPS) is 13.1. The predicted molar refractivity (Wildman–Crippen MR) is 125 cm³/mol. The van der Waals surface area contributed by atoms with E-state index in [2.05, 4.69) is 15.1 Å². The molecule has 11 heteroatoms. The molecular formula is C21H13Cl2N5O3S. The molecule has 0 atom stereocenters. The molecule has 0 aliphatic carbocycles. The molecule has 0 bridgehead atoms. The van der Waals surface area contributed by atoms with E-state index in [0.717, 1.165) is 26.0 Å². The number of benzene rings is 1. The Bertz CT molecular complexity index is 1700. The highest BCUT2D eigenvalue weighted by atomic mass is 35.5. The molecule has 5 aromatic rings. The van der Waals surface area contributed by atoms with Crippen LogP contribution < -0.4 is 16.0 Å². The van der Waals surface area contributed by atoms with Gasteiger partial charge in [0.2, 0.25) is 0 Å². The number of rotatable bonds is 2. The molecular weight excluding hydrogens is 473 g/mol. The Kier molecular flexibility index (Phi) is 4.23. The van der Waals surface area contributed by atoms with Crippen molar-refractivity contribution in [2.45, 2.75) is 6.42 Å². The number of thiophene rings is 1. The van der Waals surface area contributed by atoms with Gasteiger partial charge in [-0.25, -0.2) is 9.36 Å². The second-order valence-electron chi connectivity index (χ2n) is 7.41. The van der Waals surface area contributed by atoms with Gasteiger partial charge in [-0.05, 0) is 12.1 Å². The van der Waals surface area contributed by atoms with Crippen LogP contribution in [0.5, 0.6) is 5.75 Å². The van der Waals surface area contributed by atoms with Gasteiger partial charge in [-0.3, -0.25) is 14.5 Å². The number of nitrogens with zero attached hydrogens (tertiary/aromatic N) is 4. The van der Waals surface area contributed by atoms with Gasteiger partial charge in [0.05, 0.1) is 45.8 Å². The standard InChI is InChI=1S/C21H13Cl2N5O3S/c1-27-17-9(7-25-27)6-24-8-14(17)28-20(29)19-13(26-21(28)30)5-15(32-19)16-10-2-3-31-18(10)12(23)4-11(16)22/h4-8H,2-3H2,1H3,(H,26,30). The van der Waals surface area contributed by atoms with Crippen LogP contribution in [0.25, 0.3) is 37.2 Å². The monoisotopic (exact) mass is 485 g/mol. The van der Waals surface area contributed by atoms with Gasteiger partial charge in [-0.1, -0.05) is 23.2 Å². The number of H-pyrrole nitrogens is 1. The SMILES string of the molecule is Cn1ncc2cncc(-n3c(=O)[nH]c4cc(-c5c(Cl)cc(Cl)c6c5CCO6)sc4c3=O)c21. The van der Waals surface area contributed by atoms with Gasteiger partial charge in [0.1, 0.15) is 10.4 Å². The second kappa shape index (κ2) is 6.93. The number of fused-ring (bicyclic) bond motifs is 3. The summed E-state index contributed by atoms with van der Waals surface area (Å²) in [4.78, 5) is 34.2. The highest BCUT2D eigenvalue weighted by Crippen LogP contribution is 2.46. The van der Waals surface area contributed by atoms with E-state index in [4.69, 9.17) is 27.9 Å². The maximum Gasteiger partial charge on any atom is 0.333 e. The lowest BCUT2D eigenvalue weighted by atomic mass is 10.0. The number of halogens is 2. The highest BCUT2D eigenvalue weighted by Gasteiger charge is 2.25. The van der Waals surface area contributed by atoms with Crippen molar-refractivity contribution in [2.24, 2.45) is 7.05 Å². The minimum absolute atomic E-state index is 0.365. The van der Waals surface area contributed by atoms with E-state index in [0.29, 0.717) is 50.2 Å². The fourth-order valence-corrected chi connectivity index (χ4v) is 6.04. The van der Waals surface area contributed by atoms with Crippen LogP contribution in [0, 0.1) is 0 Å². The summed E-state index contributed by atoms with van der Waals surface area (Å²) < 4.78 is 8.76. The molecule has 0 saturated carbocycles. The molecule has 5 heterocycles. The summed E-state index contributed by atoms with van der Waals surface area (Å²) in [6.07, 6.45) is 5.42. The zero-order valence-electron chi connectivity index (χ0n) is 16.5. The lowest BCUT2D eigenvalue weighted by molar-refractivity contribution is 0.357. The summed E-state index contributed by atoms with van der Waals surface area (Å²) in [5.74, 6) is 0.614. The molecule has 1 aliphatic heterocycles. The maximum atomic E-state index is 13.5. The van der Waals surface area contributed by atoms with Crippen molar-refractivity contribution in [1.82, 2.24) is 24.3 Å². The predicted octanol–water partition coefficient (Wildman–Crippen LogP) is 3.93. The van der Waals surface area contributed by atoms with Crippen LogP contribution in [0.3, 0.4) is 0 Å². The van der Waals surface area contributed by atoms with Gasteiger partial charge in [0.15, 0.2) is 0 Å². The smallest absolute Gasteiger partial charge is 0.333 e. The summed E-state index contributed by atoms with van der Waals surface area (Å²) in [6, 6.07) is 3.41. The molecule has 1 aromatic carbocycles. The zero-order valence-corrected chi connectivity index (χ0v) is 18.8. The van der Waals surface area contributed by atoms with Crippen LogP contribution in [-0.2, 0) is 13.5 Å². The number of hydrogen-bond donors (Lipinski definition) is 1. The molecule has 0 amide bonds. The number of aryl methyl sites for hydroxylation is 1. The lowest BCUT2D eigenvalue weighted by Crippen LogP contribution is -2.33. The van der Waals surface area contributed by atoms with Crippen molar-refractivity contribution in [2.75, 3.05) is 6.61 Å². The van der Waals surface area contributed by atoms with E-state index in [1.807, 2.05) is 0 Å². The van der Waals surface area contributed by atoms with E-state index in [1.54, 1.807) is 36.3 Å². The van der Waals surface area contributed by atoms with Crippen molar-refractivity contribution in [3.05, 3.63) is 67.2 Å². The minimum atomic E-state index is -0.557. The number of ether oxygens (including phenoxy) is 1. The second-order valence-corrected chi connectivity index (χ2v) is 9.28. The summed E-state index contributed by atoms with van der Waals surface area (Å²) >= 11 is 14.1. The van der Waals surface area contributed by atoms with Crippen LogP contribution >= 0.6 is 34.5 Å². The Morgan fingerprint density at radius 2 is 2.00 bits per heavy atom. The molecule has 0 spiro atoms. The van der Waals surface area contributed by atoms with Gasteiger partial charge in [0, 0.05) is 41.1 Å². The highest BCUT2D eigenvalue weighted by molar-refractivity contribution is 7.22. The van der Waals surface area contributed by atoms with Gasteiger partial charge < -0.3 is 9.72 Å². The van der Waals surface area contributed by atoms with E-state index >= 15 is 0 Å². The minimum Gasteiger partial charge on any atom is -0.491 e. The van der Waals surface area contributed by atoms with Gasteiger partial charge in [-0.2, -0.15) is 5.10 Å². The average Bonchev–Trinajstić information content (AvgIpc) is 3.48. The van der Waals surface area contributed by atoms with E-state index in [1.165, 1.54) is 17.5 Å². The van der Waals surface area contributed by atoms with Gasteiger partial charge in [-0.15, -0.1) is 11.3 Å². The van der Waals surface area contributed by atoms with Crippen LogP contribution in [-0.4, -0.2) is 30.9 Å². The van der Waals surface area contributed by atoms with Gasteiger partial charge in [0.25, 0.3) is 5.56 Å². The molecule has 6 rings (SSSR count). The first kappa shape index (κ1) is 19.5. The van der Waals surface area contributed by atoms with Crippen LogP contribution in [0.4, 0.5) is 0 Å². The number of nitrogens with one attached hydrogen (secondary N) is 1. The third-order valence-corrected chi connectivity index (χ3v) is 7.28. The summed E-state index contributed by atoms with van der Waals surface area (Å²) in [6.45, 7) is 0.513. The Morgan fingerprint density at radius 3 is 2.84 bits per heavy atom. The molecule has 8 nitrogen and oxygen atoms in total. The molecule has 0 unspecified atom stereocenters. The third-order valence-electron chi connectivity index (χ3n) is 5.57. The number of pyridine rings is 1. The number of hydrogen-bond acceptors (Lipinski definition) is 6. The first-order valence-corrected chi connectivity index (χ1v) is 11.2. The quantitative estimate of drug-likeness (QED) is 0.408. The Hall–Kier alpha value is -3.14. The molecule has 0 radical (unpaired) electrons. The third kappa shape index (κ3) is 2.68. The van der Waals surface area contributed by atoms with Crippen LogP contribution in [0.15, 0.2) is 40.3 Å². The van der Waals surface area contributed by atoms with Crippen molar-refractivity contribution in [3.63, 3.8) is 0 Å². The fourth-order valence-electron chi connectivity index (χ4n) is 4.19. The molecule has 0 fully saturated rings. The van der Waals surface area contributed by atoms with Crippen LogP contribution in [0.1, 0.15) is 5.56 Å². The van der Waals surface area contributed by atoms with Crippen molar-refractivity contribution < 1.29 is 4.74 Å². The Balaban J connectivity index is 1.63. The Labute approximate surface area is 193 Å². The molecule has 1 aliphatic rings. The van der Waals surface area contributed by atoms with Crippen LogP contribution in [0.2, 0.25) is 10.0 Å². The number of aromatic nitrogens is 5. The molecule has 32 heavy (non-hydrogen) atoms. The Morgan fingerprint density at radius 1 is 1.16 bits per heavy atom. The first-order chi connectivity index (χ1) is 15.4. The molecule has 160 valence electrons. The van der Waals surface area contributed by atoms with Gasteiger partial charge >= 0.3 is 5.69 Å². The average molecular weight is 486 g/mol. The van der Waals surface area contributed by atoms with E-state index in [9.17, 15) is 9.59 Å². The maximum absolute atomic E-state index is 13.5. The largest absolute Gasteiger partial charge is 0.491 e. The molecule has 1 N–H and O–H groups in total. The van der Waals surface area contributed by atoms with E-state index < -0.39 is 11.2 Å². The van der Waals surface area contributed by atoms with Crippen molar-refractivity contribution >= 4 is 55.7 Å². The van der Waals surface area contributed by atoms with Crippen molar-refractivity contribution in [1.29, 1.82) is 0 Å². The first-order valence-electron chi connectivity index (χ1n) is 9.63. The zero-order chi connectivity index (χ0) is 22.1. The number of aromatic amines is 1. The molecule has 4 aromatic heterocycles. The summed E-state index contributed by atoms with van der Waals surface area (Å²) in [5, 5.41) is 5.87. The summed E-state index contributed by atoms with van der Waals surface area (Å²) in [7, 11) is 1.75. The van der Waals surface area contributed by atoms with E-state index in [-0.39, 0.29) is 0 Å². The molecule has 0 saturated heterocycles. The summed E-state index contributed by atoms with van der Waals surface area (Å²) in [5.41, 5.74) is 2.13.